The lowest BCUT2D eigenvalue weighted by atomic mass is 10.8. The summed E-state index contributed by atoms with van der Waals surface area (Å²) in [4.78, 5) is 0. The number of allylic oxidation sites excluding steroid dienone is 1. The Bertz CT molecular complexity index is 103. The largest absolute Gasteiger partial charge is 0.337 e. The van der Waals surface area contributed by atoms with Crippen LogP contribution in [0.25, 0.3) is 0 Å². The first-order valence-electron chi connectivity index (χ1n) is 1.43. The van der Waals surface area contributed by atoms with E-state index in [1.54, 1.807) is 6.07 Å². The summed E-state index contributed by atoms with van der Waals surface area (Å²) in [6, 6.07) is 1.69. The topological polar surface area (TPSA) is 73.6 Å². The fourth-order valence-electron chi connectivity index (χ4n) is 0. The SMILES string of the molecule is C=CC#N.N#CN. The summed E-state index contributed by atoms with van der Waals surface area (Å²) in [5, 5.41) is 14.6. The van der Waals surface area contributed by atoms with Gasteiger partial charge >= 0.3 is 0 Å². The van der Waals surface area contributed by atoms with Crippen molar-refractivity contribution in [1.29, 1.82) is 10.5 Å². The summed E-state index contributed by atoms with van der Waals surface area (Å²) >= 11 is 0. The molecule has 0 aromatic carbocycles. The summed E-state index contributed by atoms with van der Waals surface area (Å²) in [6.45, 7) is 3.12. The molecule has 0 radical (unpaired) electrons. The highest BCUT2D eigenvalue weighted by Gasteiger charge is 1.34. The molecule has 7 heavy (non-hydrogen) atoms. The predicted molar refractivity (Wildman–Crippen MR) is 25.6 cm³/mol. The van der Waals surface area contributed by atoms with Crippen LogP contribution in [0, 0.1) is 22.8 Å². The third-order valence-electron chi connectivity index (χ3n) is 0.0913. The second-order valence-corrected chi connectivity index (χ2v) is 0.462. The van der Waals surface area contributed by atoms with Crippen LogP contribution in [0.3, 0.4) is 0 Å². The summed E-state index contributed by atoms with van der Waals surface area (Å²) < 4.78 is 0. The van der Waals surface area contributed by atoms with Crippen molar-refractivity contribution in [2.45, 2.75) is 0 Å². The normalized spacial score (nSPS) is 3.14. The van der Waals surface area contributed by atoms with Crippen LogP contribution in [0.2, 0.25) is 0 Å². The number of rotatable bonds is 0. The average Bonchev–Trinajstić information content (AvgIpc) is 1.69. The van der Waals surface area contributed by atoms with Gasteiger partial charge in [0.2, 0.25) is 0 Å². The first-order valence-corrected chi connectivity index (χ1v) is 1.43. The Labute approximate surface area is 42.3 Å². The third-order valence-corrected chi connectivity index (χ3v) is 0.0913. The molecular weight excluding hydrogens is 90.1 g/mol. The molecule has 36 valence electrons. The lowest BCUT2D eigenvalue weighted by molar-refractivity contribution is 1.45. The Morgan fingerprint density at radius 3 is 1.71 bits per heavy atom. The zero-order valence-corrected chi connectivity index (χ0v) is 3.76. The molecule has 0 heterocycles. The highest BCUT2D eigenvalue weighted by Crippen LogP contribution is 1.41. The Hall–Kier alpha value is -1.48. The summed E-state index contributed by atoms with van der Waals surface area (Å²) in [7, 11) is 0. The van der Waals surface area contributed by atoms with Gasteiger partial charge in [-0.25, -0.2) is 0 Å². The van der Waals surface area contributed by atoms with Gasteiger partial charge in [-0.3, -0.25) is 0 Å². The van der Waals surface area contributed by atoms with E-state index in [4.69, 9.17) is 10.5 Å². The molecule has 0 aliphatic carbocycles. The van der Waals surface area contributed by atoms with E-state index >= 15 is 0 Å². The minimum atomic E-state index is 1.18. The minimum absolute atomic E-state index is 1.18. The van der Waals surface area contributed by atoms with E-state index in [0.29, 0.717) is 0 Å². The lowest BCUT2D eigenvalue weighted by Gasteiger charge is -1.31. The second-order valence-electron chi connectivity index (χ2n) is 0.462. The van der Waals surface area contributed by atoms with E-state index in [-0.39, 0.29) is 0 Å². The molecule has 0 bridgehead atoms. The van der Waals surface area contributed by atoms with E-state index in [2.05, 4.69) is 12.3 Å². The maximum Gasteiger partial charge on any atom is 0.173 e. The van der Waals surface area contributed by atoms with Gasteiger partial charge in [-0.1, -0.05) is 6.58 Å². The van der Waals surface area contributed by atoms with Crippen molar-refractivity contribution < 1.29 is 0 Å². The fraction of sp³-hybridized carbons (Fsp3) is 0. The van der Waals surface area contributed by atoms with E-state index < -0.39 is 0 Å². The van der Waals surface area contributed by atoms with Crippen LogP contribution in [-0.2, 0) is 0 Å². The summed E-state index contributed by atoms with van der Waals surface area (Å²) in [5.74, 6) is 0. The van der Waals surface area contributed by atoms with E-state index in [0.717, 1.165) is 0 Å². The first-order chi connectivity index (χ1) is 3.33. The first kappa shape index (κ1) is 9.10. The van der Waals surface area contributed by atoms with Crippen LogP contribution in [0.1, 0.15) is 0 Å². The molecule has 0 fully saturated rings. The molecular formula is C4H5N3. The number of hydrogen-bond acceptors (Lipinski definition) is 3. The predicted octanol–water partition coefficient (Wildman–Crippen LogP) is 0.122. The van der Waals surface area contributed by atoms with E-state index in [1.807, 2.05) is 0 Å². The van der Waals surface area contributed by atoms with Gasteiger partial charge in [-0.05, 0) is 0 Å². The molecule has 3 heteroatoms. The number of nitrogens with zero attached hydrogens (tertiary/aromatic N) is 2. The second kappa shape index (κ2) is 24.2. The molecule has 0 atom stereocenters. The van der Waals surface area contributed by atoms with Crippen LogP contribution in [-0.4, -0.2) is 0 Å². The highest BCUT2D eigenvalue weighted by molar-refractivity contribution is 4.93. The van der Waals surface area contributed by atoms with Gasteiger partial charge in [-0.2, -0.15) is 10.5 Å². The molecule has 0 saturated carbocycles. The van der Waals surface area contributed by atoms with E-state index in [9.17, 15) is 0 Å². The maximum atomic E-state index is 7.51. The van der Waals surface area contributed by atoms with Gasteiger partial charge in [-0.15, -0.1) is 0 Å². The highest BCUT2D eigenvalue weighted by atomic mass is 14.5. The van der Waals surface area contributed by atoms with Gasteiger partial charge in [0.25, 0.3) is 0 Å². The summed E-state index contributed by atoms with van der Waals surface area (Å²) in [6.07, 6.45) is 2.43. The van der Waals surface area contributed by atoms with E-state index in [1.165, 1.54) is 12.3 Å². The van der Waals surface area contributed by atoms with Crippen molar-refractivity contribution in [3.05, 3.63) is 12.7 Å². The lowest BCUT2D eigenvalue weighted by Crippen LogP contribution is -1.69. The monoisotopic (exact) mass is 95.0 g/mol. The quantitative estimate of drug-likeness (QED) is 0.264. The van der Waals surface area contributed by atoms with Crippen LogP contribution >= 0.6 is 0 Å². The number of nitrogens with two attached hydrogens (primary N) is 1. The van der Waals surface area contributed by atoms with Crippen molar-refractivity contribution >= 4 is 0 Å². The minimum Gasteiger partial charge on any atom is -0.337 e. The Morgan fingerprint density at radius 1 is 1.57 bits per heavy atom. The Balaban J connectivity index is 0. The van der Waals surface area contributed by atoms with Crippen LogP contribution < -0.4 is 5.73 Å². The Kier molecular flexibility index (Phi) is 31.5. The fourth-order valence-corrected chi connectivity index (χ4v) is 0. The van der Waals surface area contributed by atoms with Crippen LogP contribution in [0.4, 0.5) is 0 Å². The third kappa shape index (κ3) is 125. The maximum absolute atomic E-state index is 7.51. The molecule has 0 saturated heterocycles. The number of nitriles is 2. The molecule has 0 spiro atoms. The van der Waals surface area contributed by atoms with Crippen molar-refractivity contribution in [2.24, 2.45) is 5.73 Å². The van der Waals surface area contributed by atoms with Crippen molar-refractivity contribution in [3.63, 3.8) is 0 Å². The van der Waals surface area contributed by atoms with Crippen LogP contribution in [0.5, 0.6) is 0 Å². The molecule has 0 aliphatic heterocycles. The molecule has 0 aromatic rings. The molecule has 0 amide bonds. The molecule has 0 rings (SSSR count). The zero-order valence-electron chi connectivity index (χ0n) is 3.76. The van der Waals surface area contributed by atoms with Crippen molar-refractivity contribution in [3.8, 4) is 12.3 Å². The van der Waals surface area contributed by atoms with Gasteiger partial charge in [0, 0.05) is 6.08 Å². The van der Waals surface area contributed by atoms with Gasteiger partial charge in [0.15, 0.2) is 6.19 Å². The zero-order chi connectivity index (χ0) is 6.12. The van der Waals surface area contributed by atoms with Crippen molar-refractivity contribution in [1.82, 2.24) is 0 Å². The average molecular weight is 95.1 g/mol. The standard InChI is InChI=1S/C3H3N.CH2N2/c1-2-3-4;2-1-3/h2H,1H2;2H2. The smallest absolute Gasteiger partial charge is 0.173 e. The van der Waals surface area contributed by atoms with Gasteiger partial charge < -0.3 is 5.73 Å². The molecule has 0 aromatic heterocycles. The molecule has 0 aliphatic rings. The molecule has 0 unspecified atom stereocenters. The van der Waals surface area contributed by atoms with Crippen LogP contribution in [0.15, 0.2) is 12.7 Å². The van der Waals surface area contributed by atoms with Gasteiger partial charge in [0.05, 0.1) is 6.07 Å². The molecule has 2 N–H and O–H groups in total. The summed E-state index contributed by atoms with van der Waals surface area (Å²) in [5.41, 5.74) is 4.15. The van der Waals surface area contributed by atoms with Gasteiger partial charge in [0.1, 0.15) is 0 Å². The van der Waals surface area contributed by atoms with Crippen molar-refractivity contribution in [2.75, 3.05) is 0 Å². The molecule has 3 nitrogen and oxygen atoms in total. The Morgan fingerprint density at radius 2 is 1.71 bits per heavy atom. The number of hydrogen-bond donors (Lipinski definition) is 1.